The minimum atomic E-state index is -0.0447. The lowest BCUT2D eigenvalue weighted by Crippen LogP contribution is -2.20. The van der Waals surface area contributed by atoms with Crippen molar-refractivity contribution in [3.63, 3.8) is 0 Å². The van der Waals surface area contributed by atoms with E-state index < -0.39 is 0 Å². The smallest absolute Gasteiger partial charge is 0.225 e. The Labute approximate surface area is 152 Å². The molecule has 2 aromatic rings. The number of nitrogens with zero attached hydrogens (tertiary/aromatic N) is 4. The summed E-state index contributed by atoms with van der Waals surface area (Å²) in [5.41, 5.74) is 1.58. The van der Waals surface area contributed by atoms with Crippen LogP contribution in [0.15, 0.2) is 18.5 Å². The highest BCUT2D eigenvalue weighted by molar-refractivity contribution is 7.14. The van der Waals surface area contributed by atoms with Gasteiger partial charge >= 0.3 is 0 Å². The number of rotatable bonds is 4. The van der Waals surface area contributed by atoms with Crippen LogP contribution in [0.5, 0.6) is 0 Å². The molecule has 3 heterocycles. The number of anilines is 1. The summed E-state index contributed by atoms with van der Waals surface area (Å²) in [7, 11) is 0. The maximum absolute atomic E-state index is 12.5. The van der Waals surface area contributed by atoms with Gasteiger partial charge in [0.05, 0.1) is 15.6 Å². The van der Waals surface area contributed by atoms with Gasteiger partial charge in [0.2, 0.25) is 5.95 Å². The van der Waals surface area contributed by atoms with Gasteiger partial charge in [-0.05, 0) is 31.9 Å². The number of ketones is 1. The predicted octanol–water partition coefficient (Wildman–Crippen LogP) is 4.04. The second kappa shape index (κ2) is 7.04. The average Bonchev–Trinajstić information content (AvgIpc) is 3.22. The lowest BCUT2D eigenvalue weighted by atomic mass is 9.98. The molecular formula is C19H24N4OS. The summed E-state index contributed by atoms with van der Waals surface area (Å²) >= 11 is 1.48. The van der Waals surface area contributed by atoms with Crippen molar-refractivity contribution in [1.29, 1.82) is 0 Å². The molecule has 1 aliphatic rings. The zero-order chi connectivity index (χ0) is 18.0. The topological polar surface area (TPSA) is 59.0 Å². The molecule has 1 aliphatic heterocycles. The van der Waals surface area contributed by atoms with Gasteiger partial charge in [0.1, 0.15) is 0 Å². The lowest BCUT2D eigenvalue weighted by Gasteiger charge is -2.14. The Kier molecular flexibility index (Phi) is 4.99. The van der Waals surface area contributed by atoms with Gasteiger partial charge < -0.3 is 4.90 Å². The van der Waals surface area contributed by atoms with Gasteiger partial charge in [-0.3, -0.25) is 4.79 Å². The Balaban J connectivity index is 1.71. The van der Waals surface area contributed by atoms with Gasteiger partial charge in [-0.1, -0.05) is 20.8 Å². The van der Waals surface area contributed by atoms with Crippen LogP contribution in [0.2, 0.25) is 0 Å². The van der Waals surface area contributed by atoms with E-state index in [0.717, 1.165) is 35.3 Å². The monoisotopic (exact) mass is 356 g/mol. The number of hydrogen-bond donors (Lipinski definition) is 0. The van der Waals surface area contributed by atoms with E-state index in [-0.39, 0.29) is 11.2 Å². The molecular weight excluding hydrogens is 332 g/mol. The van der Waals surface area contributed by atoms with Gasteiger partial charge in [0.25, 0.3) is 0 Å². The van der Waals surface area contributed by atoms with Crippen molar-refractivity contribution in [2.45, 2.75) is 46.0 Å². The molecule has 0 aromatic carbocycles. The van der Waals surface area contributed by atoms with Gasteiger partial charge in [0, 0.05) is 36.5 Å². The molecule has 132 valence electrons. The maximum atomic E-state index is 12.5. The molecule has 0 amide bonds. The zero-order valence-electron chi connectivity index (χ0n) is 15.2. The van der Waals surface area contributed by atoms with E-state index in [1.165, 1.54) is 24.2 Å². The molecule has 1 fully saturated rings. The van der Waals surface area contributed by atoms with Crippen LogP contribution in [0.25, 0.3) is 6.08 Å². The fraction of sp³-hybridized carbons (Fsp3) is 0.474. The highest BCUT2D eigenvalue weighted by atomic mass is 32.1. The van der Waals surface area contributed by atoms with Crippen molar-refractivity contribution in [3.8, 4) is 0 Å². The summed E-state index contributed by atoms with van der Waals surface area (Å²) in [6, 6.07) is 0. The highest BCUT2D eigenvalue weighted by Gasteiger charge is 2.22. The van der Waals surface area contributed by atoms with Crippen LogP contribution in [0.4, 0.5) is 5.95 Å². The van der Waals surface area contributed by atoms with E-state index >= 15 is 0 Å². The number of aryl methyl sites for hydroxylation is 1. The van der Waals surface area contributed by atoms with Crippen molar-refractivity contribution in [2.24, 2.45) is 0 Å². The summed E-state index contributed by atoms with van der Waals surface area (Å²) in [5.74, 6) is 0.753. The predicted molar refractivity (Wildman–Crippen MR) is 102 cm³/mol. The molecule has 25 heavy (non-hydrogen) atoms. The van der Waals surface area contributed by atoms with Crippen molar-refractivity contribution < 1.29 is 4.79 Å². The Morgan fingerprint density at radius 1 is 1.20 bits per heavy atom. The summed E-state index contributed by atoms with van der Waals surface area (Å²) in [6.07, 6.45) is 9.29. The van der Waals surface area contributed by atoms with Crippen LogP contribution < -0.4 is 4.90 Å². The Hall–Kier alpha value is -2.08. The first kappa shape index (κ1) is 17.7. The Bertz CT molecular complexity index is 781. The van der Waals surface area contributed by atoms with E-state index in [4.69, 9.17) is 0 Å². The van der Waals surface area contributed by atoms with E-state index in [2.05, 4.69) is 40.6 Å². The largest absolute Gasteiger partial charge is 0.341 e. The second-order valence-electron chi connectivity index (χ2n) is 7.39. The third-order valence-electron chi connectivity index (χ3n) is 4.14. The Morgan fingerprint density at radius 2 is 1.84 bits per heavy atom. The fourth-order valence-electron chi connectivity index (χ4n) is 2.69. The maximum Gasteiger partial charge on any atom is 0.225 e. The standard InChI is InChI=1S/C19H24N4OS/c1-13-16(25-17(22-13)19(2,3)4)15(24)8-7-14-11-20-18(21-12-14)23-9-5-6-10-23/h7-8,11-12H,5-6,9-10H2,1-4H3/b8-7-. The van der Waals surface area contributed by atoms with Gasteiger partial charge in [-0.2, -0.15) is 0 Å². The number of allylic oxidation sites excluding steroid dienone is 1. The number of aromatic nitrogens is 3. The number of thiazole rings is 1. The van der Waals surface area contributed by atoms with Gasteiger partial charge in [-0.15, -0.1) is 11.3 Å². The SMILES string of the molecule is Cc1nc(C(C)(C)C)sc1C(=O)/C=C\c1cnc(N2CCCC2)nc1. The summed E-state index contributed by atoms with van der Waals surface area (Å²) in [6.45, 7) is 10.3. The van der Waals surface area contributed by atoms with E-state index in [9.17, 15) is 4.79 Å². The normalized spacial score (nSPS) is 15.3. The summed E-state index contributed by atoms with van der Waals surface area (Å²) in [5, 5.41) is 0.986. The quantitative estimate of drug-likeness (QED) is 0.611. The third-order valence-corrected chi connectivity index (χ3v) is 5.73. The van der Waals surface area contributed by atoms with E-state index in [1.807, 2.05) is 6.92 Å². The Morgan fingerprint density at radius 3 is 2.40 bits per heavy atom. The minimum absolute atomic E-state index is 0.0193. The minimum Gasteiger partial charge on any atom is -0.341 e. The second-order valence-corrected chi connectivity index (χ2v) is 8.39. The first-order valence-corrected chi connectivity index (χ1v) is 9.43. The number of carbonyl (C=O) groups excluding carboxylic acids is 1. The molecule has 0 aliphatic carbocycles. The molecule has 0 N–H and O–H groups in total. The first-order valence-electron chi connectivity index (χ1n) is 8.62. The number of carbonyl (C=O) groups is 1. The van der Waals surface area contributed by atoms with Gasteiger partial charge in [0.15, 0.2) is 5.78 Å². The fourth-order valence-corrected chi connectivity index (χ4v) is 3.74. The molecule has 1 saturated heterocycles. The van der Waals surface area contributed by atoms with Crippen LogP contribution >= 0.6 is 11.3 Å². The molecule has 3 rings (SSSR count). The van der Waals surface area contributed by atoms with Gasteiger partial charge in [-0.25, -0.2) is 15.0 Å². The molecule has 0 spiro atoms. The molecule has 6 heteroatoms. The zero-order valence-corrected chi connectivity index (χ0v) is 16.1. The first-order chi connectivity index (χ1) is 11.8. The molecule has 2 aromatic heterocycles. The molecule has 0 atom stereocenters. The van der Waals surface area contributed by atoms with E-state index in [1.54, 1.807) is 24.5 Å². The molecule has 0 unspecified atom stereocenters. The van der Waals surface area contributed by atoms with Crippen LogP contribution in [-0.2, 0) is 5.41 Å². The summed E-state index contributed by atoms with van der Waals surface area (Å²) in [4.78, 5) is 28.7. The van der Waals surface area contributed by atoms with Crippen molar-refractivity contribution in [1.82, 2.24) is 15.0 Å². The third kappa shape index (κ3) is 4.12. The number of hydrogen-bond acceptors (Lipinski definition) is 6. The summed E-state index contributed by atoms with van der Waals surface area (Å²) < 4.78 is 0. The van der Waals surface area contributed by atoms with Crippen molar-refractivity contribution in [3.05, 3.63) is 39.6 Å². The molecule has 5 nitrogen and oxygen atoms in total. The van der Waals surface area contributed by atoms with Crippen LogP contribution in [-0.4, -0.2) is 33.8 Å². The highest BCUT2D eigenvalue weighted by Crippen LogP contribution is 2.29. The van der Waals surface area contributed by atoms with Crippen LogP contribution in [0.3, 0.4) is 0 Å². The van der Waals surface area contributed by atoms with E-state index in [0.29, 0.717) is 4.88 Å². The van der Waals surface area contributed by atoms with Crippen LogP contribution in [0.1, 0.15) is 59.5 Å². The average molecular weight is 356 g/mol. The van der Waals surface area contributed by atoms with Crippen molar-refractivity contribution >= 4 is 29.1 Å². The van der Waals surface area contributed by atoms with Crippen molar-refractivity contribution in [2.75, 3.05) is 18.0 Å². The molecule has 0 saturated carbocycles. The molecule has 0 bridgehead atoms. The molecule has 0 radical (unpaired) electrons. The lowest BCUT2D eigenvalue weighted by molar-refractivity contribution is 0.105. The van der Waals surface area contributed by atoms with Crippen LogP contribution in [0, 0.1) is 6.92 Å².